The van der Waals surface area contributed by atoms with Crippen LogP contribution in [0.4, 0.5) is 5.69 Å². The molecule has 3 aromatic rings. The molecule has 0 saturated heterocycles. The second kappa shape index (κ2) is 5.32. The van der Waals surface area contributed by atoms with Crippen LogP contribution in [0.2, 0.25) is 5.02 Å². The van der Waals surface area contributed by atoms with E-state index >= 15 is 0 Å². The Bertz CT molecular complexity index is 947. The lowest BCUT2D eigenvalue weighted by Gasteiger charge is -2.30. The Balaban J connectivity index is 1.80. The fourth-order valence-electron chi connectivity index (χ4n) is 2.82. The number of benzene rings is 2. The molecule has 0 spiro atoms. The van der Waals surface area contributed by atoms with Gasteiger partial charge in [-0.2, -0.15) is 0 Å². The number of fused-ring (bicyclic) bond motifs is 3. The van der Waals surface area contributed by atoms with Crippen LogP contribution < -0.4 is 15.3 Å². The molecule has 0 atom stereocenters. The molecule has 0 unspecified atom stereocenters. The average Bonchev–Trinajstić information content (AvgIpc) is 2.56. The predicted octanol–water partition coefficient (Wildman–Crippen LogP) is 4.11. The van der Waals surface area contributed by atoms with Crippen molar-refractivity contribution in [3.63, 3.8) is 0 Å². The van der Waals surface area contributed by atoms with Crippen LogP contribution in [-0.4, -0.2) is 6.73 Å². The fourth-order valence-corrected chi connectivity index (χ4v) is 2.95. The van der Waals surface area contributed by atoms with Crippen LogP contribution in [0.5, 0.6) is 5.75 Å². The molecular formula is C18H14ClNO3. The van der Waals surface area contributed by atoms with Gasteiger partial charge in [0.15, 0.2) is 6.73 Å². The van der Waals surface area contributed by atoms with E-state index in [1.807, 2.05) is 48.2 Å². The SMILES string of the molecule is Cc1ccc2oc(=O)c3c(c2c1)OCN(c1ccc(Cl)cc1)C3. The van der Waals surface area contributed by atoms with E-state index < -0.39 is 0 Å². The lowest BCUT2D eigenvalue weighted by Crippen LogP contribution is -2.34. The van der Waals surface area contributed by atoms with Crippen molar-refractivity contribution in [3.05, 3.63) is 69.0 Å². The zero-order valence-corrected chi connectivity index (χ0v) is 13.3. The van der Waals surface area contributed by atoms with Crippen LogP contribution in [0.15, 0.2) is 51.7 Å². The summed E-state index contributed by atoms with van der Waals surface area (Å²) in [7, 11) is 0. The van der Waals surface area contributed by atoms with Gasteiger partial charge >= 0.3 is 5.63 Å². The van der Waals surface area contributed by atoms with E-state index in [0.29, 0.717) is 35.2 Å². The first-order valence-corrected chi connectivity index (χ1v) is 7.69. The zero-order valence-electron chi connectivity index (χ0n) is 12.5. The topological polar surface area (TPSA) is 42.7 Å². The normalized spacial score (nSPS) is 13.7. The second-order valence-electron chi connectivity index (χ2n) is 5.64. The molecule has 0 aliphatic carbocycles. The molecule has 1 aliphatic rings. The van der Waals surface area contributed by atoms with E-state index in [1.54, 1.807) is 6.07 Å². The molecule has 1 aliphatic heterocycles. The summed E-state index contributed by atoms with van der Waals surface area (Å²) in [5.74, 6) is 0.630. The highest BCUT2D eigenvalue weighted by atomic mass is 35.5. The number of ether oxygens (including phenoxy) is 1. The van der Waals surface area contributed by atoms with Crippen molar-refractivity contribution < 1.29 is 9.15 Å². The summed E-state index contributed by atoms with van der Waals surface area (Å²) < 4.78 is 11.3. The van der Waals surface area contributed by atoms with Crippen LogP contribution in [0.25, 0.3) is 11.0 Å². The molecule has 2 heterocycles. The van der Waals surface area contributed by atoms with Crippen LogP contribution in [0.1, 0.15) is 11.1 Å². The number of hydrogen-bond acceptors (Lipinski definition) is 4. The molecule has 0 bridgehead atoms. The number of hydrogen-bond donors (Lipinski definition) is 0. The summed E-state index contributed by atoms with van der Waals surface area (Å²) in [5, 5.41) is 1.52. The minimum atomic E-state index is -0.352. The first kappa shape index (κ1) is 14.2. The summed E-state index contributed by atoms with van der Waals surface area (Å²) in [4.78, 5) is 14.3. The van der Waals surface area contributed by atoms with Crippen LogP contribution >= 0.6 is 11.6 Å². The van der Waals surface area contributed by atoms with Crippen molar-refractivity contribution >= 4 is 28.3 Å². The lowest BCUT2D eigenvalue weighted by atomic mass is 10.1. The van der Waals surface area contributed by atoms with Gasteiger partial charge < -0.3 is 14.1 Å². The van der Waals surface area contributed by atoms with Crippen molar-refractivity contribution in [1.29, 1.82) is 0 Å². The maximum Gasteiger partial charge on any atom is 0.345 e. The van der Waals surface area contributed by atoms with Gasteiger partial charge in [-0.05, 0) is 43.3 Å². The van der Waals surface area contributed by atoms with Crippen molar-refractivity contribution in [2.24, 2.45) is 0 Å². The molecule has 4 rings (SSSR count). The number of rotatable bonds is 1. The van der Waals surface area contributed by atoms with E-state index in [-0.39, 0.29) is 5.63 Å². The van der Waals surface area contributed by atoms with Gasteiger partial charge in [-0.15, -0.1) is 0 Å². The third-order valence-electron chi connectivity index (χ3n) is 4.01. The second-order valence-corrected chi connectivity index (χ2v) is 6.08. The molecule has 0 radical (unpaired) electrons. The van der Waals surface area contributed by atoms with E-state index in [9.17, 15) is 4.79 Å². The minimum absolute atomic E-state index is 0.352. The first-order valence-electron chi connectivity index (χ1n) is 7.31. The minimum Gasteiger partial charge on any atom is -0.472 e. The Hall–Kier alpha value is -2.46. The molecule has 23 heavy (non-hydrogen) atoms. The molecule has 1 aromatic heterocycles. The van der Waals surface area contributed by atoms with Crippen molar-refractivity contribution in [2.75, 3.05) is 11.6 Å². The first-order chi connectivity index (χ1) is 11.1. The molecule has 0 fully saturated rings. The quantitative estimate of drug-likeness (QED) is 0.631. The van der Waals surface area contributed by atoms with E-state index in [1.165, 1.54) is 0 Å². The summed E-state index contributed by atoms with van der Waals surface area (Å²) in [6.07, 6.45) is 0. The molecule has 5 heteroatoms. The maximum absolute atomic E-state index is 12.3. The van der Waals surface area contributed by atoms with Crippen LogP contribution in [0.3, 0.4) is 0 Å². The zero-order chi connectivity index (χ0) is 16.0. The van der Waals surface area contributed by atoms with Crippen LogP contribution in [0, 0.1) is 6.92 Å². The Morgan fingerprint density at radius 2 is 1.91 bits per heavy atom. The van der Waals surface area contributed by atoms with Gasteiger partial charge in [0.1, 0.15) is 11.3 Å². The monoisotopic (exact) mass is 327 g/mol. The Morgan fingerprint density at radius 3 is 2.70 bits per heavy atom. The molecule has 0 amide bonds. The lowest BCUT2D eigenvalue weighted by molar-refractivity contribution is 0.287. The van der Waals surface area contributed by atoms with E-state index in [4.69, 9.17) is 20.8 Å². The fraction of sp³-hybridized carbons (Fsp3) is 0.167. The van der Waals surface area contributed by atoms with Gasteiger partial charge in [-0.3, -0.25) is 0 Å². The highest BCUT2D eigenvalue weighted by molar-refractivity contribution is 6.30. The third kappa shape index (κ3) is 2.45. The van der Waals surface area contributed by atoms with Gasteiger partial charge in [0, 0.05) is 10.7 Å². The number of aryl methyl sites for hydroxylation is 1. The summed E-state index contributed by atoms with van der Waals surface area (Å²) >= 11 is 5.92. The Labute approximate surface area is 137 Å². The largest absolute Gasteiger partial charge is 0.472 e. The van der Waals surface area contributed by atoms with Crippen molar-refractivity contribution in [3.8, 4) is 5.75 Å². The summed E-state index contributed by atoms with van der Waals surface area (Å²) in [6, 6.07) is 13.2. The van der Waals surface area contributed by atoms with Crippen molar-refractivity contribution in [1.82, 2.24) is 0 Å². The molecular weight excluding hydrogens is 314 g/mol. The van der Waals surface area contributed by atoms with E-state index in [0.717, 1.165) is 16.6 Å². The molecule has 116 valence electrons. The van der Waals surface area contributed by atoms with Gasteiger partial charge in [0.2, 0.25) is 0 Å². The van der Waals surface area contributed by atoms with Gasteiger partial charge in [0.05, 0.1) is 17.5 Å². The van der Waals surface area contributed by atoms with E-state index in [2.05, 4.69) is 0 Å². The highest BCUT2D eigenvalue weighted by Gasteiger charge is 2.24. The molecule has 4 nitrogen and oxygen atoms in total. The maximum atomic E-state index is 12.3. The highest BCUT2D eigenvalue weighted by Crippen LogP contribution is 2.33. The molecule has 2 aromatic carbocycles. The molecule has 0 saturated carbocycles. The summed E-state index contributed by atoms with van der Waals surface area (Å²) in [6.45, 7) is 2.82. The third-order valence-corrected chi connectivity index (χ3v) is 4.26. The molecule has 0 N–H and O–H groups in total. The smallest absolute Gasteiger partial charge is 0.345 e. The number of nitrogens with zero attached hydrogens (tertiary/aromatic N) is 1. The predicted molar refractivity (Wildman–Crippen MR) is 90.4 cm³/mol. The summed E-state index contributed by atoms with van der Waals surface area (Å²) in [5.41, 5.74) is 2.79. The average molecular weight is 328 g/mol. The number of anilines is 1. The Morgan fingerprint density at radius 1 is 1.13 bits per heavy atom. The van der Waals surface area contributed by atoms with Crippen LogP contribution in [-0.2, 0) is 6.54 Å². The van der Waals surface area contributed by atoms with Gasteiger partial charge in [0.25, 0.3) is 0 Å². The van der Waals surface area contributed by atoms with Gasteiger partial charge in [-0.25, -0.2) is 4.79 Å². The van der Waals surface area contributed by atoms with Crippen molar-refractivity contribution in [2.45, 2.75) is 13.5 Å². The van der Waals surface area contributed by atoms with Gasteiger partial charge in [-0.1, -0.05) is 23.2 Å². The number of halogens is 1. The Kier molecular flexibility index (Phi) is 3.27. The standard InChI is InChI=1S/C18H14ClNO3/c1-11-2-7-16-14(8-11)17-15(18(21)23-16)9-20(10-22-17)13-5-3-12(19)4-6-13/h2-8H,9-10H2,1H3.